The average Bonchev–Trinajstić information content (AvgIpc) is 3.41. The van der Waals surface area contributed by atoms with Crippen molar-refractivity contribution in [3.63, 3.8) is 0 Å². The lowest BCUT2D eigenvalue weighted by molar-refractivity contribution is 0.357. The zero-order valence-electron chi connectivity index (χ0n) is 17.6. The third-order valence-electron chi connectivity index (χ3n) is 5.11. The van der Waals surface area contributed by atoms with E-state index in [4.69, 9.17) is 9.73 Å². The van der Waals surface area contributed by atoms with Crippen LogP contribution in [-0.2, 0) is 19.4 Å². The number of rotatable bonds is 7. The first-order valence-corrected chi connectivity index (χ1v) is 10.4. The highest BCUT2D eigenvalue weighted by atomic mass is 16.5. The van der Waals surface area contributed by atoms with E-state index < -0.39 is 0 Å². The van der Waals surface area contributed by atoms with Crippen molar-refractivity contribution in [3.8, 4) is 11.6 Å². The molecule has 0 fully saturated rings. The van der Waals surface area contributed by atoms with Gasteiger partial charge in [0.1, 0.15) is 17.4 Å². The Bertz CT molecular complexity index is 1010. The summed E-state index contributed by atoms with van der Waals surface area (Å²) in [6, 6.07) is 10.5. The van der Waals surface area contributed by atoms with Crippen LogP contribution in [0.2, 0.25) is 0 Å². The summed E-state index contributed by atoms with van der Waals surface area (Å²) >= 11 is 0. The van der Waals surface area contributed by atoms with E-state index in [2.05, 4.69) is 51.8 Å². The summed E-state index contributed by atoms with van der Waals surface area (Å²) in [5.74, 6) is 3.63. The van der Waals surface area contributed by atoms with E-state index in [0.29, 0.717) is 6.54 Å². The molecule has 7 heteroatoms. The average molecular weight is 405 g/mol. The van der Waals surface area contributed by atoms with Crippen molar-refractivity contribution in [1.82, 2.24) is 25.2 Å². The van der Waals surface area contributed by atoms with Crippen LogP contribution in [0.4, 0.5) is 0 Å². The topological polar surface area (TPSA) is 76.4 Å². The van der Waals surface area contributed by atoms with Crippen molar-refractivity contribution in [3.05, 3.63) is 71.4 Å². The highest BCUT2D eigenvalue weighted by Crippen LogP contribution is 2.25. The molecule has 156 valence electrons. The van der Waals surface area contributed by atoms with Gasteiger partial charge in [-0.2, -0.15) is 0 Å². The third kappa shape index (κ3) is 4.79. The number of benzene rings is 1. The second-order valence-corrected chi connectivity index (χ2v) is 7.28. The molecule has 0 atom stereocenters. The van der Waals surface area contributed by atoms with Crippen molar-refractivity contribution in [1.29, 1.82) is 0 Å². The largest absolute Gasteiger partial charge is 0.493 e. The van der Waals surface area contributed by atoms with Gasteiger partial charge in [0, 0.05) is 38.1 Å². The van der Waals surface area contributed by atoms with Gasteiger partial charge in [-0.1, -0.05) is 18.2 Å². The van der Waals surface area contributed by atoms with Crippen LogP contribution in [0.1, 0.15) is 29.4 Å². The number of aliphatic imine (C=N–C) groups is 1. The molecule has 3 aromatic rings. The minimum atomic E-state index is 0.571. The molecule has 30 heavy (non-hydrogen) atoms. The Morgan fingerprint density at radius 2 is 2.07 bits per heavy atom. The Morgan fingerprint density at radius 1 is 1.17 bits per heavy atom. The molecule has 0 amide bonds. The van der Waals surface area contributed by atoms with Crippen LogP contribution < -0.4 is 15.4 Å². The molecule has 0 unspecified atom stereocenters. The molecule has 0 radical (unpaired) electrons. The highest BCUT2D eigenvalue weighted by Gasteiger charge is 2.11. The van der Waals surface area contributed by atoms with E-state index in [0.717, 1.165) is 61.5 Å². The van der Waals surface area contributed by atoms with Gasteiger partial charge in [-0.15, -0.1) is 0 Å². The first-order chi connectivity index (χ1) is 14.7. The molecule has 2 N–H and O–H groups in total. The van der Waals surface area contributed by atoms with Crippen molar-refractivity contribution < 1.29 is 4.74 Å². The van der Waals surface area contributed by atoms with E-state index >= 15 is 0 Å². The fourth-order valence-electron chi connectivity index (χ4n) is 3.51. The van der Waals surface area contributed by atoms with Gasteiger partial charge in [-0.05, 0) is 49.1 Å². The van der Waals surface area contributed by atoms with Gasteiger partial charge in [0.15, 0.2) is 5.96 Å². The van der Waals surface area contributed by atoms with Crippen LogP contribution in [0, 0.1) is 6.92 Å². The molecule has 7 nitrogen and oxygen atoms in total. The molecule has 3 heterocycles. The Morgan fingerprint density at radius 3 is 2.83 bits per heavy atom. The van der Waals surface area contributed by atoms with E-state index in [9.17, 15) is 0 Å². The van der Waals surface area contributed by atoms with Gasteiger partial charge in [-0.3, -0.25) is 4.57 Å². The fourth-order valence-corrected chi connectivity index (χ4v) is 3.51. The summed E-state index contributed by atoms with van der Waals surface area (Å²) in [4.78, 5) is 13.5. The lowest BCUT2D eigenvalue weighted by Gasteiger charge is -2.12. The number of imidazole rings is 1. The van der Waals surface area contributed by atoms with Crippen molar-refractivity contribution >= 4 is 5.96 Å². The van der Waals surface area contributed by atoms with Crippen LogP contribution in [0.5, 0.6) is 5.75 Å². The summed E-state index contributed by atoms with van der Waals surface area (Å²) in [7, 11) is 0. The molecule has 0 bridgehead atoms. The zero-order chi connectivity index (χ0) is 20.8. The smallest absolute Gasteiger partial charge is 0.191 e. The maximum absolute atomic E-state index is 5.58. The molecule has 0 aliphatic carbocycles. The second-order valence-electron chi connectivity index (χ2n) is 7.28. The maximum atomic E-state index is 5.58. The van der Waals surface area contributed by atoms with Crippen molar-refractivity contribution in [2.75, 3.05) is 19.7 Å². The first-order valence-electron chi connectivity index (χ1n) is 10.4. The number of nitrogens with one attached hydrogen (secondary N) is 2. The summed E-state index contributed by atoms with van der Waals surface area (Å²) in [6.45, 7) is 7.04. The van der Waals surface area contributed by atoms with Crippen LogP contribution in [0.3, 0.4) is 0 Å². The highest BCUT2D eigenvalue weighted by molar-refractivity contribution is 5.79. The number of hydrogen-bond acceptors (Lipinski definition) is 4. The first kappa shape index (κ1) is 19.9. The van der Waals surface area contributed by atoms with E-state index in [1.807, 2.05) is 30.0 Å². The minimum Gasteiger partial charge on any atom is -0.493 e. The molecule has 4 rings (SSSR count). The summed E-state index contributed by atoms with van der Waals surface area (Å²) in [6.07, 6.45) is 7.51. The lowest BCUT2D eigenvalue weighted by atomic mass is 10.1. The van der Waals surface area contributed by atoms with E-state index in [-0.39, 0.29) is 0 Å². The van der Waals surface area contributed by atoms with Crippen LogP contribution >= 0.6 is 0 Å². The maximum Gasteiger partial charge on any atom is 0.191 e. The van der Waals surface area contributed by atoms with E-state index in [1.165, 1.54) is 11.1 Å². The number of fused-ring (bicyclic) bond motifs is 1. The predicted octanol–water partition coefficient (Wildman–Crippen LogP) is 2.81. The van der Waals surface area contributed by atoms with Gasteiger partial charge < -0.3 is 15.4 Å². The molecule has 1 aromatic carbocycles. The van der Waals surface area contributed by atoms with Crippen molar-refractivity contribution in [2.24, 2.45) is 4.99 Å². The Hall–Kier alpha value is -3.35. The molecule has 1 aliphatic rings. The number of aromatic nitrogens is 3. The molecule has 0 saturated carbocycles. The molecule has 2 aromatic heterocycles. The number of nitrogens with zero attached hydrogens (tertiary/aromatic N) is 4. The molecule has 0 saturated heterocycles. The lowest BCUT2D eigenvalue weighted by Crippen LogP contribution is -2.38. The summed E-state index contributed by atoms with van der Waals surface area (Å²) in [5.41, 5.74) is 3.69. The molecule has 1 aliphatic heterocycles. The zero-order valence-corrected chi connectivity index (χ0v) is 17.6. The Kier molecular flexibility index (Phi) is 6.27. The fraction of sp³-hybridized carbons (Fsp3) is 0.348. The van der Waals surface area contributed by atoms with Crippen LogP contribution in [0.15, 0.2) is 53.9 Å². The standard InChI is InChI=1S/C23H28N6O/c1-3-24-23(26-10-8-18-4-6-21-20(14-18)9-13-30-21)28-16-19-5-7-22(27-15-19)29-12-11-25-17(29)2/h4-7,11-12,14-15H,3,8-10,13,16H2,1-2H3,(H2,24,26,28). The van der Waals surface area contributed by atoms with E-state index in [1.54, 1.807) is 6.20 Å². The monoisotopic (exact) mass is 404 g/mol. The predicted molar refractivity (Wildman–Crippen MR) is 118 cm³/mol. The van der Waals surface area contributed by atoms with Gasteiger partial charge in [0.05, 0.1) is 13.2 Å². The van der Waals surface area contributed by atoms with Gasteiger partial charge in [0.25, 0.3) is 0 Å². The van der Waals surface area contributed by atoms with Crippen molar-refractivity contribution in [2.45, 2.75) is 33.2 Å². The molecular weight excluding hydrogens is 376 g/mol. The normalized spacial score (nSPS) is 13.1. The Labute approximate surface area is 177 Å². The number of pyridine rings is 1. The SMILES string of the molecule is CCNC(=NCc1ccc(-n2ccnc2C)nc1)NCCc1ccc2c(c1)CCO2. The van der Waals surface area contributed by atoms with Gasteiger partial charge >= 0.3 is 0 Å². The van der Waals surface area contributed by atoms with Crippen LogP contribution in [0.25, 0.3) is 5.82 Å². The van der Waals surface area contributed by atoms with Crippen LogP contribution in [-0.4, -0.2) is 40.2 Å². The van der Waals surface area contributed by atoms with Gasteiger partial charge in [0.2, 0.25) is 0 Å². The number of aryl methyl sites for hydroxylation is 1. The molecular formula is C23H28N6O. The summed E-state index contributed by atoms with van der Waals surface area (Å²) < 4.78 is 7.54. The number of hydrogen-bond donors (Lipinski definition) is 2. The summed E-state index contributed by atoms with van der Waals surface area (Å²) in [5, 5.41) is 6.73. The Balaban J connectivity index is 1.32. The second kappa shape index (κ2) is 9.43. The quantitative estimate of drug-likeness (QED) is 0.468. The number of guanidine groups is 1. The number of ether oxygens (including phenoxy) is 1. The molecule has 0 spiro atoms. The minimum absolute atomic E-state index is 0.571. The van der Waals surface area contributed by atoms with Gasteiger partial charge in [-0.25, -0.2) is 15.0 Å². The third-order valence-corrected chi connectivity index (χ3v) is 5.11.